The molecule has 0 amide bonds. The summed E-state index contributed by atoms with van der Waals surface area (Å²) in [6.45, 7) is 4.96. The second-order valence-corrected chi connectivity index (χ2v) is 5.74. The molecule has 2 atom stereocenters. The standard InChI is InChI=1S/C16H17N3O3/c1-11-3-4-14-13(5-11)6-15(21-14)16(20-7-12(2)22-16)8-19-10-17-9-18-19/h3-6,9-10,12H,7-8H2,1-2H3. The minimum absolute atomic E-state index is 0.00142. The van der Waals surface area contributed by atoms with Crippen LogP contribution in [0, 0.1) is 6.92 Å². The molecular weight excluding hydrogens is 282 g/mol. The minimum Gasteiger partial charge on any atom is -0.455 e. The van der Waals surface area contributed by atoms with Gasteiger partial charge in [-0.2, -0.15) is 5.10 Å². The third kappa shape index (κ3) is 2.20. The van der Waals surface area contributed by atoms with E-state index in [0.29, 0.717) is 18.9 Å². The maximum atomic E-state index is 6.06. The number of hydrogen-bond acceptors (Lipinski definition) is 5. The van der Waals surface area contributed by atoms with Gasteiger partial charge in [0.1, 0.15) is 24.8 Å². The summed E-state index contributed by atoms with van der Waals surface area (Å²) in [6, 6.07) is 8.07. The number of rotatable bonds is 3. The number of hydrogen-bond donors (Lipinski definition) is 0. The van der Waals surface area contributed by atoms with Crippen molar-refractivity contribution < 1.29 is 13.9 Å². The predicted octanol–water partition coefficient (Wildman–Crippen LogP) is 2.62. The van der Waals surface area contributed by atoms with Gasteiger partial charge in [-0.3, -0.25) is 0 Å². The zero-order valence-electron chi connectivity index (χ0n) is 12.5. The molecule has 0 N–H and O–H groups in total. The fraction of sp³-hybridized carbons (Fsp3) is 0.375. The van der Waals surface area contributed by atoms with E-state index in [2.05, 4.69) is 23.1 Å². The van der Waals surface area contributed by atoms with Crippen molar-refractivity contribution in [3.05, 3.63) is 48.2 Å². The lowest BCUT2D eigenvalue weighted by Crippen LogP contribution is -2.33. The number of aryl methyl sites for hydroxylation is 1. The minimum atomic E-state index is -0.958. The highest BCUT2D eigenvalue weighted by Crippen LogP contribution is 2.38. The number of benzene rings is 1. The van der Waals surface area contributed by atoms with Gasteiger partial charge in [-0.05, 0) is 32.0 Å². The Hall–Kier alpha value is -2.18. The zero-order chi connectivity index (χ0) is 15.2. The van der Waals surface area contributed by atoms with Crippen molar-refractivity contribution in [2.75, 3.05) is 6.61 Å². The molecule has 22 heavy (non-hydrogen) atoms. The van der Waals surface area contributed by atoms with Gasteiger partial charge in [0.15, 0.2) is 5.76 Å². The van der Waals surface area contributed by atoms with E-state index in [1.165, 1.54) is 11.9 Å². The van der Waals surface area contributed by atoms with E-state index in [1.54, 1.807) is 11.0 Å². The maximum absolute atomic E-state index is 6.06. The summed E-state index contributed by atoms with van der Waals surface area (Å²) in [5.41, 5.74) is 2.01. The van der Waals surface area contributed by atoms with Crippen LogP contribution in [0.15, 0.2) is 41.3 Å². The molecule has 4 rings (SSSR count). The first kappa shape index (κ1) is 13.5. The number of aromatic nitrogens is 3. The van der Waals surface area contributed by atoms with Crippen molar-refractivity contribution in [1.29, 1.82) is 0 Å². The summed E-state index contributed by atoms with van der Waals surface area (Å²) >= 11 is 0. The molecule has 1 aliphatic heterocycles. The van der Waals surface area contributed by atoms with Gasteiger partial charge in [0.25, 0.3) is 0 Å². The molecule has 114 valence electrons. The summed E-state index contributed by atoms with van der Waals surface area (Å²) in [7, 11) is 0. The second-order valence-electron chi connectivity index (χ2n) is 5.74. The Bertz CT molecular complexity index is 796. The molecule has 0 aliphatic carbocycles. The largest absolute Gasteiger partial charge is 0.455 e. The molecule has 0 radical (unpaired) electrons. The molecule has 1 aliphatic rings. The Kier molecular flexibility index (Phi) is 3.02. The second kappa shape index (κ2) is 4.93. The number of nitrogens with zero attached hydrogens (tertiary/aromatic N) is 3. The normalized spacial score (nSPS) is 25.1. The molecule has 6 nitrogen and oxygen atoms in total. The Morgan fingerprint density at radius 3 is 3.00 bits per heavy atom. The van der Waals surface area contributed by atoms with E-state index >= 15 is 0 Å². The van der Waals surface area contributed by atoms with Crippen LogP contribution in [0.2, 0.25) is 0 Å². The molecule has 0 spiro atoms. The van der Waals surface area contributed by atoms with Crippen LogP contribution in [0.4, 0.5) is 0 Å². The molecule has 3 aromatic rings. The van der Waals surface area contributed by atoms with Gasteiger partial charge in [-0.15, -0.1) is 0 Å². The van der Waals surface area contributed by atoms with Crippen molar-refractivity contribution >= 4 is 11.0 Å². The summed E-state index contributed by atoms with van der Waals surface area (Å²) in [4.78, 5) is 3.97. The lowest BCUT2D eigenvalue weighted by atomic mass is 10.1. The smallest absolute Gasteiger partial charge is 0.249 e. The Morgan fingerprint density at radius 2 is 2.27 bits per heavy atom. The third-order valence-electron chi connectivity index (χ3n) is 3.83. The molecular formula is C16H17N3O3. The van der Waals surface area contributed by atoms with Gasteiger partial charge in [0.2, 0.25) is 5.79 Å². The predicted molar refractivity (Wildman–Crippen MR) is 79.2 cm³/mol. The van der Waals surface area contributed by atoms with Crippen molar-refractivity contribution in [2.24, 2.45) is 0 Å². The van der Waals surface area contributed by atoms with Crippen LogP contribution in [0.5, 0.6) is 0 Å². The SMILES string of the molecule is Cc1ccc2oc(C3(Cn4cncn4)OCC(C)O3)cc2c1. The van der Waals surface area contributed by atoms with Crippen LogP contribution in [-0.2, 0) is 21.8 Å². The molecule has 0 saturated carbocycles. The molecule has 3 heterocycles. The number of furan rings is 1. The zero-order valence-corrected chi connectivity index (χ0v) is 12.5. The number of ether oxygens (including phenoxy) is 2. The summed E-state index contributed by atoms with van der Waals surface area (Å²) in [5.74, 6) is -0.298. The Labute approximate surface area is 127 Å². The summed E-state index contributed by atoms with van der Waals surface area (Å²) in [5, 5.41) is 5.19. The van der Waals surface area contributed by atoms with Crippen molar-refractivity contribution in [2.45, 2.75) is 32.3 Å². The highest BCUT2D eigenvalue weighted by molar-refractivity contribution is 5.78. The van der Waals surface area contributed by atoms with Gasteiger partial charge >= 0.3 is 0 Å². The average Bonchev–Trinajstić information content (AvgIpc) is 3.19. The van der Waals surface area contributed by atoms with Crippen LogP contribution < -0.4 is 0 Å². The van der Waals surface area contributed by atoms with Gasteiger partial charge < -0.3 is 13.9 Å². The van der Waals surface area contributed by atoms with E-state index in [9.17, 15) is 0 Å². The highest BCUT2D eigenvalue weighted by Gasteiger charge is 2.45. The van der Waals surface area contributed by atoms with Gasteiger partial charge in [0.05, 0.1) is 12.7 Å². The monoisotopic (exact) mass is 299 g/mol. The fourth-order valence-corrected chi connectivity index (χ4v) is 2.81. The van der Waals surface area contributed by atoms with E-state index in [-0.39, 0.29) is 6.10 Å². The number of fused-ring (bicyclic) bond motifs is 1. The first-order valence-electron chi connectivity index (χ1n) is 7.29. The molecule has 1 aromatic carbocycles. The lowest BCUT2D eigenvalue weighted by Gasteiger charge is -2.25. The molecule has 6 heteroatoms. The van der Waals surface area contributed by atoms with Gasteiger partial charge in [-0.1, -0.05) is 11.6 Å². The third-order valence-corrected chi connectivity index (χ3v) is 3.83. The summed E-state index contributed by atoms with van der Waals surface area (Å²) < 4.78 is 19.7. The maximum Gasteiger partial charge on any atom is 0.249 e. The lowest BCUT2D eigenvalue weighted by molar-refractivity contribution is -0.198. The van der Waals surface area contributed by atoms with E-state index in [4.69, 9.17) is 13.9 Å². The van der Waals surface area contributed by atoms with E-state index < -0.39 is 5.79 Å². The quantitative estimate of drug-likeness (QED) is 0.744. The molecule has 0 bridgehead atoms. The highest BCUT2D eigenvalue weighted by atomic mass is 16.8. The van der Waals surface area contributed by atoms with Crippen molar-refractivity contribution in [3.8, 4) is 0 Å². The van der Waals surface area contributed by atoms with E-state index in [0.717, 1.165) is 11.0 Å². The molecule has 2 unspecified atom stereocenters. The van der Waals surface area contributed by atoms with E-state index in [1.807, 2.05) is 25.1 Å². The molecule has 1 saturated heterocycles. The first-order valence-corrected chi connectivity index (χ1v) is 7.29. The molecule has 2 aromatic heterocycles. The Balaban J connectivity index is 1.78. The van der Waals surface area contributed by atoms with Crippen LogP contribution in [-0.4, -0.2) is 27.5 Å². The summed E-state index contributed by atoms with van der Waals surface area (Å²) in [6.07, 6.45) is 3.14. The Morgan fingerprint density at radius 1 is 1.36 bits per heavy atom. The first-order chi connectivity index (χ1) is 10.6. The van der Waals surface area contributed by atoms with Crippen molar-refractivity contribution in [3.63, 3.8) is 0 Å². The fourth-order valence-electron chi connectivity index (χ4n) is 2.81. The van der Waals surface area contributed by atoms with Crippen LogP contribution in [0.3, 0.4) is 0 Å². The van der Waals surface area contributed by atoms with Gasteiger partial charge in [0, 0.05) is 5.39 Å². The van der Waals surface area contributed by atoms with Crippen LogP contribution in [0.1, 0.15) is 18.2 Å². The van der Waals surface area contributed by atoms with Gasteiger partial charge in [-0.25, -0.2) is 9.67 Å². The topological polar surface area (TPSA) is 62.3 Å². The van der Waals surface area contributed by atoms with Crippen LogP contribution >= 0.6 is 0 Å². The van der Waals surface area contributed by atoms with Crippen molar-refractivity contribution in [1.82, 2.24) is 14.8 Å². The molecule has 1 fully saturated rings. The van der Waals surface area contributed by atoms with Crippen LogP contribution in [0.25, 0.3) is 11.0 Å². The average molecular weight is 299 g/mol.